The maximum atomic E-state index is 13.4. The lowest BCUT2D eigenvalue weighted by Gasteiger charge is -2.36. The minimum absolute atomic E-state index is 0.0262. The topological polar surface area (TPSA) is 146 Å². The maximum absolute atomic E-state index is 13.4. The van der Waals surface area contributed by atoms with E-state index >= 15 is 0 Å². The molecule has 1 saturated carbocycles. The Morgan fingerprint density at radius 3 is 2.46 bits per heavy atom. The molecule has 12 heteroatoms. The molecule has 0 spiro atoms. The third kappa shape index (κ3) is 6.48. The summed E-state index contributed by atoms with van der Waals surface area (Å²) in [5.41, 5.74) is 2.17. The van der Waals surface area contributed by atoms with Crippen molar-refractivity contribution in [3.8, 4) is 0 Å². The molecule has 0 aromatic carbocycles. The van der Waals surface area contributed by atoms with Crippen molar-refractivity contribution in [1.82, 2.24) is 29.7 Å². The fraction of sp³-hybridized carbons (Fsp3) is 0.517. The monoisotopic (exact) mass is 562 g/mol. The lowest BCUT2D eigenvalue weighted by Crippen LogP contribution is -2.46. The quantitative estimate of drug-likeness (QED) is 0.247. The van der Waals surface area contributed by atoms with Crippen LogP contribution in [0.3, 0.4) is 0 Å². The van der Waals surface area contributed by atoms with Gasteiger partial charge in [-0.15, -0.1) is 0 Å². The number of aromatic nitrogens is 4. The van der Waals surface area contributed by atoms with E-state index in [1.807, 2.05) is 18.3 Å². The Hall–Kier alpha value is -4.06. The van der Waals surface area contributed by atoms with E-state index in [-0.39, 0.29) is 22.9 Å². The van der Waals surface area contributed by atoms with Crippen molar-refractivity contribution in [2.24, 2.45) is 0 Å². The number of piperazine rings is 1. The average molecular weight is 563 g/mol. The average Bonchev–Trinajstić information content (AvgIpc) is 3.48. The van der Waals surface area contributed by atoms with E-state index in [0.717, 1.165) is 76.9 Å². The number of unbranched alkanes of at least 4 members (excludes halogenated alkanes) is 1. The van der Waals surface area contributed by atoms with Gasteiger partial charge in [0.1, 0.15) is 11.5 Å². The van der Waals surface area contributed by atoms with Gasteiger partial charge in [-0.2, -0.15) is 4.98 Å². The summed E-state index contributed by atoms with van der Waals surface area (Å²) in [7, 11) is 0. The largest absolute Gasteiger partial charge is 0.465 e. The highest BCUT2D eigenvalue weighted by Gasteiger charge is 2.26. The van der Waals surface area contributed by atoms with Crippen LogP contribution in [0.2, 0.25) is 0 Å². The lowest BCUT2D eigenvalue weighted by molar-refractivity contribution is 0.101. The molecule has 3 aromatic heterocycles. The lowest BCUT2D eigenvalue weighted by atomic mass is 10.0. The minimum atomic E-state index is -0.970. The molecule has 1 amide bonds. The summed E-state index contributed by atoms with van der Waals surface area (Å²) in [6.07, 6.45) is 8.25. The van der Waals surface area contributed by atoms with E-state index in [9.17, 15) is 14.4 Å². The van der Waals surface area contributed by atoms with Crippen LogP contribution in [-0.2, 0) is 0 Å². The minimum Gasteiger partial charge on any atom is -0.465 e. The summed E-state index contributed by atoms with van der Waals surface area (Å²) in [5, 5.41) is 15.0. The number of pyridine rings is 2. The predicted octanol–water partition coefficient (Wildman–Crippen LogP) is 3.73. The van der Waals surface area contributed by atoms with Crippen LogP contribution in [0.15, 0.2) is 29.3 Å². The van der Waals surface area contributed by atoms with Crippen LogP contribution in [0.4, 0.5) is 22.2 Å². The highest BCUT2D eigenvalue weighted by molar-refractivity contribution is 5.99. The van der Waals surface area contributed by atoms with Gasteiger partial charge in [-0.25, -0.2) is 14.8 Å². The first-order valence-corrected chi connectivity index (χ1v) is 14.4. The first kappa shape index (κ1) is 28.5. The summed E-state index contributed by atoms with van der Waals surface area (Å²) >= 11 is 0. The summed E-state index contributed by atoms with van der Waals surface area (Å²) in [6, 6.07) is 3.96. The SMILES string of the molecule is CC(=O)c1c(C)c2cnc(Nc3ccc(N4CCN(CCCCNC(=O)O)CC4)cn3)nc2n(C2CCCC2)c1=O. The number of Topliss-reactive ketones (excluding diaryl/α,β-unsaturated/α-hetero) is 1. The second-order valence-corrected chi connectivity index (χ2v) is 10.9. The molecule has 0 atom stereocenters. The molecule has 0 radical (unpaired) electrons. The van der Waals surface area contributed by atoms with Gasteiger partial charge >= 0.3 is 6.09 Å². The Morgan fingerprint density at radius 1 is 1.05 bits per heavy atom. The van der Waals surface area contributed by atoms with Crippen molar-refractivity contribution >= 4 is 40.4 Å². The van der Waals surface area contributed by atoms with Gasteiger partial charge in [-0.05, 0) is 63.8 Å². The third-order valence-corrected chi connectivity index (χ3v) is 8.15. The van der Waals surface area contributed by atoms with Crippen molar-refractivity contribution in [2.75, 3.05) is 49.5 Å². The molecule has 3 aromatic rings. The highest BCUT2D eigenvalue weighted by Crippen LogP contribution is 2.32. The van der Waals surface area contributed by atoms with Crippen molar-refractivity contribution in [3.63, 3.8) is 0 Å². The Kier molecular flexibility index (Phi) is 8.77. The van der Waals surface area contributed by atoms with E-state index in [0.29, 0.717) is 34.9 Å². The fourth-order valence-electron chi connectivity index (χ4n) is 5.96. The number of aryl methyl sites for hydroxylation is 1. The maximum Gasteiger partial charge on any atom is 0.404 e. The number of rotatable bonds is 10. The zero-order chi connectivity index (χ0) is 28.9. The van der Waals surface area contributed by atoms with Gasteiger partial charge < -0.3 is 20.6 Å². The second kappa shape index (κ2) is 12.6. The Labute approximate surface area is 238 Å². The number of carbonyl (C=O) groups is 2. The molecule has 1 saturated heterocycles. The van der Waals surface area contributed by atoms with Crippen molar-refractivity contribution in [3.05, 3.63) is 46.0 Å². The molecule has 1 aliphatic carbocycles. The molecule has 41 heavy (non-hydrogen) atoms. The number of fused-ring (bicyclic) bond motifs is 1. The molecule has 2 aliphatic rings. The number of nitrogens with zero attached hydrogens (tertiary/aromatic N) is 6. The van der Waals surface area contributed by atoms with Gasteiger partial charge in [-0.1, -0.05) is 12.8 Å². The number of nitrogens with one attached hydrogen (secondary N) is 2. The van der Waals surface area contributed by atoms with Gasteiger partial charge in [0.05, 0.1) is 17.4 Å². The number of hydrogen-bond acceptors (Lipinski definition) is 9. The molecule has 0 unspecified atom stereocenters. The Balaban J connectivity index is 1.25. The van der Waals surface area contributed by atoms with Crippen molar-refractivity contribution in [1.29, 1.82) is 0 Å². The summed E-state index contributed by atoms with van der Waals surface area (Å²) in [6.45, 7) is 8.38. The predicted molar refractivity (Wildman–Crippen MR) is 157 cm³/mol. The fourth-order valence-corrected chi connectivity index (χ4v) is 5.96. The van der Waals surface area contributed by atoms with Gasteiger partial charge in [0.2, 0.25) is 5.95 Å². The molecule has 0 bridgehead atoms. The number of anilines is 3. The van der Waals surface area contributed by atoms with Crippen LogP contribution >= 0.6 is 0 Å². The first-order chi connectivity index (χ1) is 19.8. The molecule has 5 rings (SSSR count). The van der Waals surface area contributed by atoms with Gasteiger partial charge in [0.15, 0.2) is 5.78 Å². The summed E-state index contributed by atoms with van der Waals surface area (Å²) in [5.74, 6) is 0.721. The molecule has 1 aliphatic heterocycles. The van der Waals surface area contributed by atoms with Crippen LogP contribution in [0.5, 0.6) is 0 Å². The van der Waals surface area contributed by atoms with E-state index in [1.165, 1.54) is 6.92 Å². The van der Waals surface area contributed by atoms with E-state index < -0.39 is 6.09 Å². The molecule has 12 nitrogen and oxygen atoms in total. The molecule has 218 valence electrons. The molecule has 2 fully saturated rings. The number of hydrogen-bond donors (Lipinski definition) is 3. The standard InChI is InChI=1S/C29H38N8O4/c1-19-23-18-32-28(34-26(23)37(21-7-3-4-8-21)27(39)25(19)20(2)38)33-24-10-9-22(17-31-24)36-15-13-35(14-16-36)12-6-5-11-30-29(40)41/h9-10,17-18,21,30H,3-8,11-16H2,1-2H3,(H,40,41)(H,31,32,33,34). The highest BCUT2D eigenvalue weighted by atomic mass is 16.4. The third-order valence-electron chi connectivity index (χ3n) is 8.15. The van der Waals surface area contributed by atoms with Gasteiger partial charge in [0.25, 0.3) is 5.56 Å². The number of amides is 1. The van der Waals surface area contributed by atoms with Crippen LogP contribution in [0, 0.1) is 6.92 Å². The smallest absolute Gasteiger partial charge is 0.404 e. The number of carboxylic acid groups (broad SMARTS) is 1. The van der Waals surface area contributed by atoms with Crippen LogP contribution in [0.1, 0.15) is 67.4 Å². The molecule has 3 N–H and O–H groups in total. The second-order valence-electron chi connectivity index (χ2n) is 10.9. The zero-order valence-corrected chi connectivity index (χ0v) is 23.7. The van der Waals surface area contributed by atoms with Crippen molar-refractivity contribution < 1.29 is 14.7 Å². The van der Waals surface area contributed by atoms with E-state index in [1.54, 1.807) is 17.7 Å². The zero-order valence-electron chi connectivity index (χ0n) is 23.7. The summed E-state index contributed by atoms with van der Waals surface area (Å²) < 4.78 is 1.71. The molecular weight excluding hydrogens is 524 g/mol. The van der Waals surface area contributed by atoms with Gasteiger partial charge in [-0.3, -0.25) is 19.1 Å². The molecule has 4 heterocycles. The number of carbonyl (C=O) groups excluding carboxylic acids is 1. The van der Waals surface area contributed by atoms with E-state index in [2.05, 4.69) is 30.4 Å². The van der Waals surface area contributed by atoms with Crippen molar-refractivity contribution in [2.45, 2.75) is 58.4 Å². The Morgan fingerprint density at radius 2 is 1.80 bits per heavy atom. The normalized spacial score (nSPS) is 16.3. The summed E-state index contributed by atoms with van der Waals surface area (Å²) in [4.78, 5) is 54.9. The van der Waals surface area contributed by atoms with Crippen LogP contribution in [-0.4, -0.2) is 80.7 Å². The first-order valence-electron chi connectivity index (χ1n) is 14.4. The number of ketones is 1. The van der Waals surface area contributed by atoms with Gasteiger partial charge in [0, 0.05) is 50.3 Å². The van der Waals surface area contributed by atoms with E-state index in [4.69, 9.17) is 10.1 Å². The molecular formula is C29H38N8O4. The van der Waals surface area contributed by atoms with Crippen LogP contribution < -0.4 is 21.1 Å². The van der Waals surface area contributed by atoms with Crippen LogP contribution in [0.25, 0.3) is 11.0 Å². The Bertz CT molecular complexity index is 1460.